The lowest BCUT2D eigenvalue weighted by atomic mass is 9.82. The minimum Gasteiger partial charge on any atom is -0.454 e. The van der Waals surface area contributed by atoms with Gasteiger partial charge in [0.1, 0.15) is 0 Å². The number of hydrogen-bond donors (Lipinski definition) is 2. The number of aliphatic hydroxyl groups excluding tert-OH is 1. The fraction of sp³-hybridized carbons (Fsp3) is 0.600. The molecule has 110 valence electrons. The summed E-state index contributed by atoms with van der Waals surface area (Å²) in [5, 5.41) is 13.8. The second kappa shape index (κ2) is 5.80. The lowest BCUT2D eigenvalue weighted by molar-refractivity contribution is 0.119. The zero-order chi connectivity index (χ0) is 14.0. The summed E-state index contributed by atoms with van der Waals surface area (Å²) in [6.45, 7) is 1.09. The van der Waals surface area contributed by atoms with Gasteiger partial charge in [-0.1, -0.05) is 30.9 Å². The molecule has 2 N–H and O–H groups in total. The van der Waals surface area contributed by atoms with Crippen molar-refractivity contribution in [3.63, 3.8) is 0 Å². The molecule has 4 nitrogen and oxygen atoms in total. The van der Waals surface area contributed by atoms with Crippen LogP contribution in [0.25, 0.3) is 0 Å². The van der Waals surface area contributed by atoms with Gasteiger partial charge in [-0.2, -0.15) is 0 Å². The molecule has 1 saturated carbocycles. The first-order valence-electron chi connectivity index (χ1n) is 7.16. The highest BCUT2D eigenvalue weighted by molar-refractivity contribution is 6.32. The van der Waals surface area contributed by atoms with Gasteiger partial charge in [0.25, 0.3) is 0 Å². The Labute approximate surface area is 124 Å². The molecule has 1 aliphatic carbocycles. The zero-order valence-corrected chi connectivity index (χ0v) is 12.2. The van der Waals surface area contributed by atoms with Crippen molar-refractivity contribution in [3.05, 3.63) is 22.7 Å². The maximum Gasteiger partial charge on any atom is 0.231 e. The fourth-order valence-electron chi connectivity index (χ4n) is 3.03. The van der Waals surface area contributed by atoms with E-state index < -0.39 is 0 Å². The summed E-state index contributed by atoms with van der Waals surface area (Å²) in [5.74, 6) is 1.33. The molecule has 5 heteroatoms. The van der Waals surface area contributed by atoms with Crippen LogP contribution in [0.4, 0.5) is 0 Å². The van der Waals surface area contributed by atoms with Crippen molar-refractivity contribution in [3.8, 4) is 11.5 Å². The van der Waals surface area contributed by atoms with Crippen LogP contribution in [0.2, 0.25) is 5.02 Å². The zero-order valence-electron chi connectivity index (χ0n) is 11.5. The van der Waals surface area contributed by atoms with Crippen molar-refractivity contribution in [2.45, 2.75) is 44.2 Å². The molecule has 1 aromatic carbocycles. The van der Waals surface area contributed by atoms with Gasteiger partial charge in [0.2, 0.25) is 6.79 Å². The number of nitrogens with one attached hydrogen (secondary N) is 1. The molecule has 1 aromatic rings. The van der Waals surface area contributed by atoms with Gasteiger partial charge in [-0.3, -0.25) is 0 Å². The second-order valence-corrected chi connectivity index (χ2v) is 6.07. The Hall–Kier alpha value is -0.970. The predicted octanol–water partition coefficient (Wildman–Crippen LogP) is 2.85. The van der Waals surface area contributed by atoms with Crippen LogP contribution in [0, 0.1) is 0 Å². The average Bonchev–Trinajstić information content (AvgIpc) is 2.95. The summed E-state index contributed by atoms with van der Waals surface area (Å²) >= 11 is 6.18. The fourth-order valence-corrected chi connectivity index (χ4v) is 3.32. The molecule has 0 aromatic heterocycles. The van der Waals surface area contributed by atoms with E-state index in [1.165, 1.54) is 19.3 Å². The standard InChI is InChI=1S/C15H20ClNO3/c16-12-6-11(7-13-14(12)20-10-19-13)8-17-15(9-18)4-2-1-3-5-15/h6-7,17-18H,1-5,8-10H2. The van der Waals surface area contributed by atoms with Crippen LogP contribution in [-0.4, -0.2) is 24.0 Å². The summed E-state index contributed by atoms with van der Waals surface area (Å²) in [7, 11) is 0. The maximum absolute atomic E-state index is 9.70. The van der Waals surface area contributed by atoms with Crippen molar-refractivity contribution in [2.75, 3.05) is 13.4 Å². The molecule has 1 aliphatic heterocycles. The van der Waals surface area contributed by atoms with Crippen LogP contribution >= 0.6 is 11.6 Å². The normalized spacial score (nSPS) is 20.1. The molecule has 0 bridgehead atoms. The average molecular weight is 298 g/mol. The maximum atomic E-state index is 9.70. The van der Waals surface area contributed by atoms with Crippen molar-refractivity contribution in [1.82, 2.24) is 5.32 Å². The van der Waals surface area contributed by atoms with Crippen LogP contribution in [0.3, 0.4) is 0 Å². The third-order valence-electron chi connectivity index (χ3n) is 4.27. The Morgan fingerprint density at radius 3 is 2.75 bits per heavy atom. The Bertz CT molecular complexity index is 486. The number of rotatable bonds is 4. The van der Waals surface area contributed by atoms with Crippen LogP contribution in [-0.2, 0) is 6.54 Å². The summed E-state index contributed by atoms with van der Waals surface area (Å²) in [4.78, 5) is 0. The first-order valence-corrected chi connectivity index (χ1v) is 7.54. The van der Waals surface area contributed by atoms with E-state index in [0.717, 1.165) is 18.4 Å². The number of fused-ring (bicyclic) bond motifs is 1. The monoisotopic (exact) mass is 297 g/mol. The summed E-state index contributed by atoms with van der Waals surface area (Å²) in [5.41, 5.74) is 0.916. The number of ether oxygens (including phenoxy) is 2. The summed E-state index contributed by atoms with van der Waals surface area (Å²) in [6, 6.07) is 3.85. The van der Waals surface area contributed by atoms with Gasteiger partial charge in [-0.15, -0.1) is 0 Å². The summed E-state index contributed by atoms with van der Waals surface area (Å²) in [6.07, 6.45) is 5.67. The highest BCUT2D eigenvalue weighted by atomic mass is 35.5. The summed E-state index contributed by atoms with van der Waals surface area (Å²) < 4.78 is 10.7. The van der Waals surface area contributed by atoms with Gasteiger partial charge >= 0.3 is 0 Å². The minimum atomic E-state index is -0.138. The number of benzene rings is 1. The molecule has 2 aliphatic rings. The van der Waals surface area contributed by atoms with Gasteiger partial charge in [0, 0.05) is 12.1 Å². The molecule has 0 unspecified atom stereocenters. The first kappa shape index (κ1) is 14.0. The third-order valence-corrected chi connectivity index (χ3v) is 4.55. The van der Waals surface area contributed by atoms with Crippen LogP contribution < -0.4 is 14.8 Å². The van der Waals surface area contributed by atoms with Crippen LogP contribution in [0.15, 0.2) is 12.1 Å². The Balaban J connectivity index is 1.70. The Morgan fingerprint density at radius 2 is 2.00 bits per heavy atom. The number of hydrogen-bond acceptors (Lipinski definition) is 4. The molecule has 3 rings (SSSR count). The van der Waals surface area contributed by atoms with E-state index in [9.17, 15) is 5.11 Å². The molecule has 0 amide bonds. The van der Waals surface area contributed by atoms with E-state index in [4.69, 9.17) is 21.1 Å². The lowest BCUT2D eigenvalue weighted by Crippen LogP contribution is -2.49. The van der Waals surface area contributed by atoms with Gasteiger partial charge in [0.15, 0.2) is 11.5 Å². The van der Waals surface area contributed by atoms with Crippen molar-refractivity contribution >= 4 is 11.6 Å². The minimum absolute atomic E-state index is 0.138. The van der Waals surface area contributed by atoms with Crippen LogP contribution in [0.5, 0.6) is 11.5 Å². The van der Waals surface area contributed by atoms with E-state index in [0.29, 0.717) is 23.1 Å². The van der Waals surface area contributed by atoms with Gasteiger partial charge in [-0.05, 0) is 30.5 Å². The van der Waals surface area contributed by atoms with E-state index in [2.05, 4.69) is 5.32 Å². The van der Waals surface area contributed by atoms with E-state index in [1.807, 2.05) is 12.1 Å². The quantitative estimate of drug-likeness (QED) is 0.897. The Morgan fingerprint density at radius 1 is 1.20 bits per heavy atom. The molecular formula is C15H20ClNO3. The Kier molecular flexibility index (Phi) is 4.06. The van der Waals surface area contributed by atoms with Crippen molar-refractivity contribution < 1.29 is 14.6 Å². The second-order valence-electron chi connectivity index (χ2n) is 5.66. The molecular weight excluding hydrogens is 278 g/mol. The van der Waals surface area contributed by atoms with Gasteiger partial charge in [0.05, 0.1) is 11.6 Å². The largest absolute Gasteiger partial charge is 0.454 e. The molecule has 0 atom stereocenters. The lowest BCUT2D eigenvalue weighted by Gasteiger charge is -2.36. The molecule has 0 spiro atoms. The number of aliphatic hydroxyl groups is 1. The molecule has 1 heterocycles. The van der Waals surface area contributed by atoms with Crippen molar-refractivity contribution in [1.29, 1.82) is 0 Å². The topological polar surface area (TPSA) is 50.7 Å². The first-order chi connectivity index (χ1) is 9.72. The number of halogens is 1. The van der Waals surface area contributed by atoms with Gasteiger partial charge in [-0.25, -0.2) is 0 Å². The highest BCUT2D eigenvalue weighted by Gasteiger charge is 2.30. The molecule has 20 heavy (non-hydrogen) atoms. The smallest absolute Gasteiger partial charge is 0.231 e. The molecule has 0 saturated heterocycles. The molecule has 1 fully saturated rings. The predicted molar refractivity (Wildman–Crippen MR) is 77.3 cm³/mol. The van der Waals surface area contributed by atoms with Crippen molar-refractivity contribution in [2.24, 2.45) is 0 Å². The molecule has 0 radical (unpaired) electrons. The third kappa shape index (κ3) is 2.73. The van der Waals surface area contributed by atoms with Crippen LogP contribution in [0.1, 0.15) is 37.7 Å². The van der Waals surface area contributed by atoms with E-state index in [-0.39, 0.29) is 18.9 Å². The van der Waals surface area contributed by atoms with E-state index in [1.54, 1.807) is 0 Å². The SMILES string of the molecule is OCC1(NCc2cc(Cl)c3c(c2)OCO3)CCCCC1. The highest BCUT2D eigenvalue weighted by Crippen LogP contribution is 2.40. The van der Waals surface area contributed by atoms with E-state index >= 15 is 0 Å². The van der Waals surface area contributed by atoms with Gasteiger partial charge < -0.3 is 19.9 Å².